The van der Waals surface area contributed by atoms with Gasteiger partial charge in [0.05, 0.1) is 27.6 Å². The minimum Gasteiger partial charge on any atom is -0.494 e. The molecule has 0 fully saturated rings. The van der Waals surface area contributed by atoms with Crippen molar-refractivity contribution < 1.29 is 22.5 Å². The van der Waals surface area contributed by atoms with Crippen LogP contribution in [0.25, 0.3) is 0 Å². The summed E-state index contributed by atoms with van der Waals surface area (Å²) in [7, 11) is -1.75. The molecule has 0 atom stereocenters. The van der Waals surface area contributed by atoms with Gasteiger partial charge >= 0.3 is 0 Å². The molecule has 0 bridgehead atoms. The Balaban J connectivity index is 2.52. The van der Waals surface area contributed by atoms with Crippen molar-refractivity contribution in [2.45, 2.75) is 4.90 Å². The van der Waals surface area contributed by atoms with Crippen molar-refractivity contribution in [1.82, 2.24) is 0 Å². The molecule has 7 nitrogen and oxygen atoms in total. The minimum atomic E-state index is -4.17. The SMILES string of the molecule is COc1ccc(S(=O)(=O)N(C)c2cc([N+](=O)[O-])ccc2Cl)cc1F. The molecule has 10 heteroatoms. The van der Waals surface area contributed by atoms with Crippen molar-refractivity contribution in [2.24, 2.45) is 0 Å². The molecule has 0 aliphatic rings. The van der Waals surface area contributed by atoms with Crippen molar-refractivity contribution in [3.05, 3.63) is 57.4 Å². The van der Waals surface area contributed by atoms with E-state index in [-0.39, 0.29) is 27.0 Å². The summed E-state index contributed by atoms with van der Waals surface area (Å²) in [5, 5.41) is 10.9. The van der Waals surface area contributed by atoms with Crippen LogP contribution in [0.4, 0.5) is 15.8 Å². The van der Waals surface area contributed by atoms with Crippen LogP contribution < -0.4 is 9.04 Å². The number of nitro groups is 1. The lowest BCUT2D eigenvalue weighted by Gasteiger charge is -2.20. The average Bonchev–Trinajstić information content (AvgIpc) is 2.54. The molecule has 0 unspecified atom stereocenters. The summed E-state index contributed by atoms with van der Waals surface area (Å²) in [5.41, 5.74) is -0.417. The third-order valence-electron chi connectivity index (χ3n) is 3.26. The van der Waals surface area contributed by atoms with Gasteiger partial charge in [-0.25, -0.2) is 12.8 Å². The normalized spacial score (nSPS) is 11.2. The second kappa shape index (κ2) is 6.62. The largest absolute Gasteiger partial charge is 0.494 e. The Morgan fingerprint density at radius 2 is 1.92 bits per heavy atom. The van der Waals surface area contributed by atoms with Crippen molar-refractivity contribution >= 4 is 33.0 Å². The van der Waals surface area contributed by atoms with E-state index >= 15 is 0 Å². The third kappa shape index (κ3) is 3.26. The lowest BCUT2D eigenvalue weighted by Crippen LogP contribution is -2.27. The van der Waals surface area contributed by atoms with Gasteiger partial charge in [-0.05, 0) is 24.3 Å². The monoisotopic (exact) mass is 374 g/mol. The van der Waals surface area contributed by atoms with Crippen LogP contribution in [0.3, 0.4) is 0 Å². The van der Waals surface area contributed by atoms with E-state index in [9.17, 15) is 22.9 Å². The molecular formula is C14H12ClFN2O5S. The fourth-order valence-corrected chi connectivity index (χ4v) is 3.46. The number of rotatable bonds is 5. The summed E-state index contributed by atoms with van der Waals surface area (Å²) in [6.07, 6.45) is 0. The lowest BCUT2D eigenvalue weighted by atomic mass is 10.3. The summed E-state index contributed by atoms with van der Waals surface area (Å²) in [6.45, 7) is 0. The Hall–Kier alpha value is -2.39. The van der Waals surface area contributed by atoms with E-state index in [1.54, 1.807) is 0 Å². The highest BCUT2D eigenvalue weighted by atomic mass is 35.5. The molecule has 2 rings (SSSR count). The van der Waals surface area contributed by atoms with E-state index in [4.69, 9.17) is 16.3 Å². The number of nitrogens with zero attached hydrogens (tertiary/aromatic N) is 2. The minimum absolute atomic E-state index is 0.000610. The van der Waals surface area contributed by atoms with Gasteiger partial charge in [-0.15, -0.1) is 0 Å². The Labute approximate surface area is 142 Å². The molecule has 0 saturated carbocycles. The number of anilines is 1. The van der Waals surface area contributed by atoms with Crippen LogP contribution in [-0.2, 0) is 10.0 Å². The van der Waals surface area contributed by atoms with Gasteiger partial charge in [-0.1, -0.05) is 11.6 Å². The van der Waals surface area contributed by atoms with Crippen molar-refractivity contribution in [3.8, 4) is 5.75 Å². The first-order valence-electron chi connectivity index (χ1n) is 6.45. The zero-order chi connectivity index (χ0) is 18.1. The fraction of sp³-hybridized carbons (Fsp3) is 0.143. The van der Waals surface area contributed by atoms with Gasteiger partial charge < -0.3 is 4.74 Å². The van der Waals surface area contributed by atoms with E-state index in [1.165, 1.54) is 32.4 Å². The average molecular weight is 375 g/mol. The van der Waals surface area contributed by atoms with Crippen LogP contribution in [0.2, 0.25) is 5.02 Å². The highest BCUT2D eigenvalue weighted by molar-refractivity contribution is 7.92. The van der Waals surface area contributed by atoms with E-state index in [0.29, 0.717) is 0 Å². The Morgan fingerprint density at radius 1 is 1.25 bits per heavy atom. The standard InChI is InChI=1S/C14H12ClFN2O5S/c1-17(13-7-9(18(19)20)3-5-11(13)15)24(21,22)10-4-6-14(23-2)12(16)8-10/h3-8H,1-2H3. The molecule has 2 aromatic carbocycles. The second-order valence-corrected chi connectivity index (χ2v) is 7.04. The molecule has 24 heavy (non-hydrogen) atoms. The first-order valence-corrected chi connectivity index (χ1v) is 8.26. The fourth-order valence-electron chi connectivity index (χ4n) is 1.95. The van der Waals surface area contributed by atoms with Crippen LogP contribution in [0.5, 0.6) is 5.75 Å². The number of benzene rings is 2. The lowest BCUT2D eigenvalue weighted by molar-refractivity contribution is -0.384. The van der Waals surface area contributed by atoms with E-state index in [2.05, 4.69) is 0 Å². The van der Waals surface area contributed by atoms with Crippen LogP contribution in [0.1, 0.15) is 0 Å². The van der Waals surface area contributed by atoms with Crippen LogP contribution in [0.15, 0.2) is 41.3 Å². The molecule has 0 radical (unpaired) electrons. The van der Waals surface area contributed by atoms with Gasteiger partial charge in [0.25, 0.3) is 15.7 Å². The molecule has 128 valence electrons. The maximum absolute atomic E-state index is 13.8. The maximum Gasteiger partial charge on any atom is 0.271 e. The third-order valence-corrected chi connectivity index (χ3v) is 5.35. The Bertz CT molecular complexity index is 904. The maximum atomic E-state index is 13.8. The molecule has 0 aliphatic carbocycles. The Kier molecular flexibility index (Phi) is 4.95. The predicted octanol–water partition coefficient (Wildman–Crippen LogP) is 3.22. The van der Waals surface area contributed by atoms with Crippen molar-refractivity contribution in [1.29, 1.82) is 0 Å². The second-order valence-electron chi connectivity index (χ2n) is 4.66. The predicted molar refractivity (Wildman–Crippen MR) is 86.6 cm³/mol. The molecule has 0 heterocycles. The van der Waals surface area contributed by atoms with Gasteiger partial charge in [0.15, 0.2) is 11.6 Å². The molecule has 0 amide bonds. The number of nitro benzene ring substituents is 1. The topological polar surface area (TPSA) is 89.8 Å². The zero-order valence-electron chi connectivity index (χ0n) is 12.6. The smallest absolute Gasteiger partial charge is 0.271 e. The quantitative estimate of drug-likeness (QED) is 0.592. The number of non-ortho nitro benzene ring substituents is 1. The molecular weight excluding hydrogens is 363 g/mol. The number of hydrogen-bond acceptors (Lipinski definition) is 5. The van der Waals surface area contributed by atoms with Crippen LogP contribution in [-0.4, -0.2) is 27.5 Å². The summed E-state index contributed by atoms with van der Waals surface area (Å²) in [4.78, 5) is 9.84. The summed E-state index contributed by atoms with van der Waals surface area (Å²) in [6, 6.07) is 6.54. The molecule has 0 N–H and O–H groups in total. The summed E-state index contributed by atoms with van der Waals surface area (Å²) in [5.74, 6) is -0.956. The number of sulfonamides is 1. The Morgan fingerprint density at radius 3 is 2.46 bits per heavy atom. The van der Waals surface area contributed by atoms with Crippen LogP contribution >= 0.6 is 11.6 Å². The molecule has 0 aliphatic heterocycles. The number of hydrogen-bond donors (Lipinski definition) is 0. The van der Waals surface area contributed by atoms with Gasteiger partial charge in [-0.2, -0.15) is 0 Å². The first-order chi connectivity index (χ1) is 11.2. The first kappa shape index (κ1) is 18.0. The highest BCUT2D eigenvalue weighted by Crippen LogP contribution is 2.33. The van der Waals surface area contributed by atoms with Gasteiger partial charge in [0, 0.05) is 19.2 Å². The summed E-state index contributed by atoms with van der Waals surface area (Å²) < 4.78 is 44.5. The number of ether oxygens (including phenoxy) is 1. The molecule has 0 aromatic heterocycles. The number of methoxy groups -OCH3 is 1. The van der Waals surface area contributed by atoms with Gasteiger partial charge in [0.2, 0.25) is 0 Å². The van der Waals surface area contributed by atoms with Crippen LogP contribution in [0, 0.1) is 15.9 Å². The number of halogens is 2. The van der Waals surface area contributed by atoms with E-state index in [0.717, 1.165) is 22.5 Å². The van der Waals surface area contributed by atoms with Gasteiger partial charge in [-0.3, -0.25) is 14.4 Å². The molecule has 2 aromatic rings. The molecule has 0 spiro atoms. The summed E-state index contributed by atoms with van der Waals surface area (Å²) >= 11 is 5.95. The van der Waals surface area contributed by atoms with Crippen molar-refractivity contribution in [2.75, 3.05) is 18.5 Å². The highest BCUT2D eigenvalue weighted by Gasteiger charge is 2.25. The molecule has 0 saturated heterocycles. The van der Waals surface area contributed by atoms with Gasteiger partial charge in [0.1, 0.15) is 0 Å². The van der Waals surface area contributed by atoms with Crippen molar-refractivity contribution in [3.63, 3.8) is 0 Å². The van der Waals surface area contributed by atoms with E-state index < -0.39 is 20.8 Å². The zero-order valence-corrected chi connectivity index (χ0v) is 14.1. The van der Waals surface area contributed by atoms with E-state index in [1.807, 2.05) is 0 Å².